The van der Waals surface area contributed by atoms with Crippen LogP contribution in [0.2, 0.25) is 0 Å². The van der Waals surface area contributed by atoms with Gasteiger partial charge in [-0.2, -0.15) is 0 Å². The lowest BCUT2D eigenvalue weighted by Gasteiger charge is -2.00. The highest BCUT2D eigenvalue weighted by atomic mass is 16.6. The van der Waals surface area contributed by atoms with E-state index in [1.54, 1.807) is 0 Å². The van der Waals surface area contributed by atoms with E-state index in [0.29, 0.717) is 6.42 Å². The molecule has 0 N–H and O–H groups in total. The fourth-order valence-electron chi connectivity index (χ4n) is 2.43. The van der Waals surface area contributed by atoms with E-state index >= 15 is 0 Å². The summed E-state index contributed by atoms with van der Waals surface area (Å²) >= 11 is 0. The monoisotopic (exact) mass is 237 g/mol. The molecule has 0 amide bonds. The third-order valence-corrected chi connectivity index (χ3v) is 3.23. The molecular formula is C15H11NO2. The van der Waals surface area contributed by atoms with Crippen LogP contribution in [-0.4, -0.2) is 4.92 Å². The molecule has 3 heteroatoms. The van der Waals surface area contributed by atoms with Gasteiger partial charge in [-0.15, -0.1) is 0 Å². The van der Waals surface area contributed by atoms with Crippen molar-refractivity contribution in [2.75, 3.05) is 0 Å². The highest BCUT2D eigenvalue weighted by Crippen LogP contribution is 2.38. The van der Waals surface area contributed by atoms with Crippen molar-refractivity contribution in [2.45, 2.75) is 6.42 Å². The Kier molecular flexibility index (Phi) is 2.45. The van der Waals surface area contributed by atoms with Crippen molar-refractivity contribution < 1.29 is 4.92 Å². The molecule has 3 nitrogen and oxygen atoms in total. The number of hydrogen-bond donors (Lipinski definition) is 0. The van der Waals surface area contributed by atoms with E-state index < -0.39 is 0 Å². The number of hydrogen-bond acceptors (Lipinski definition) is 2. The standard InChI is InChI=1S/C15H11NO2/c17-16(18)15-13-9-5-4-8-12(13)10-14(15)11-6-2-1-3-7-11/h1-9H,10H2. The Bertz CT molecular complexity index is 645. The molecule has 0 spiro atoms. The van der Waals surface area contributed by atoms with Crippen molar-refractivity contribution in [3.63, 3.8) is 0 Å². The average molecular weight is 237 g/mol. The summed E-state index contributed by atoms with van der Waals surface area (Å²) in [6, 6.07) is 17.1. The zero-order chi connectivity index (χ0) is 12.5. The lowest BCUT2D eigenvalue weighted by molar-refractivity contribution is -0.374. The first-order valence-electron chi connectivity index (χ1n) is 5.78. The van der Waals surface area contributed by atoms with Crippen LogP contribution >= 0.6 is 0 Å². The van der Waals surface area contributed by atoms with Gasteiger partial charge in [0, 0.05) is 12.0 Å². The second-order valence-corrected chi connectivity index (χ2v) is 4.28. The van der Waals surface area contributed by atoms with Crippen molar-refractivity contribution in [3.8, 4) is 0 Å². The van der Waals surface area contributed by atoms with E-state index in [-0.39, 0.29) is 10.6 Å². The number of nitro groups is 1. The van der Waals surface area contributed by atoms with Gasteiger partial charge in [0.15, 0.2) is 0 Å². The summed E-state index contributed by atoms with van der Waals surface area (Å²) in [4.78, 5) is 11.0. The topological polar surface area (TPSA) is 43.1 Å². The van der Waals surface area contributed by atoms with Gasteiger partial charge in [-0.3, -0.25) is 10.1 Å². The quantitative estimate of drug-likeness (QED) is 0.593. The molecule has 18 heavy (non-hydrogen) atoms. The Morgan fingerprint density at radius 3 is 2.33 bits per heavy atom. The minimum atomic E-state index is -0.270. The molecule has 2 aromatic rings. The van der Waals surface area contributed by atoms with E-state index in [4.69, 9.17) is 0 Å². The summed E-state index contributed by atoms with van der Waals surface area (Å²) in [6.07, 6.45) is 0.635. The molecule has 0 radical (unpaired) electrons. The minimum Gasteiger partial charge on any atom is -0.258 e. The van der Waals surface area contributed by atoms with Crippen LogP contribution in [0.4, 0.5) is 0 Å². The summed E-state index contributed by atoms with van der Waals surface area (Å²) in [5, 5.41) is 11.3. The molecule has 0 bridgehead atoms. The van der Waals surface area contributed by atoms with Gasteiger partial charge < -0.3 is 0 Å². The van der Waals surface area contributed by atoms with Crippen molar-refractivity contribution in [2.24, 2.45) is 0 Å². The highest BCUT2D eigenvalue weighted by Gasteiger charge is 2.30. The molecule has 88 valence electrons. The number of rotatable bonds is 2. The first-order valence-corrected chi connectivity index (χ1v) is 5.78. The molecule has 0 aliphatic heterocycles. The maximum atomic E-state index is 11.3. The van der Waals surface area contributed by atoms with Crippen LogP contribution in [0.3, 0.4) is 0 Å². The number of benzene rings is 2. The lowest BCUT2D eigenvalue weighted by Crippen LogP contribution is -1.98. The maximum Gasteiger partial charge on any atom is 0.280 e. The van der Waals surface area contributed by atoms with Gasteiger partial charge in [0.2, 0.25) is 0 Å². The zero-order valence-electron chi connectivity index (χ0n) is 9.67. The fraction of sp³-hybridized carbons (Fsp3) is 0.0667. The van der Waals surface area contributed by atoms with Crippen LogP contribution in [0.1, 0.15) is 16.7 Å². The van der Waals surface area contributed by atoms with Gasteiger partial charge in [0.05, 0.1) is 10.5 Å². The molecule has 2 aromatic carbocycles. The number of nitrogens with zero attached hydrogens (tertiary/aromatic N) is 1. The Morgan fingerprint density at radius 1 is 0.944 bits per heavy atom. The Labute approximate surface area is 105 Å². The minimum absolute atomic E-state index is 0.247. The molecule has 0 fully saturated rings. The summed E-state index contributed by atoms with van der Waals surface area (Å²) in [7, 11) is 0. The Balaban J connectivity index is 2.20. The molecule has 1 aliphatic carbocycles. The van der Waals surface area contributed by atoms with Gasteiger partial charge >= 0.3 is 0 Å². The second-order valence-electron chi connectivity index (χ2n) is 4.28. The van der Waals surface area contributed by atoms with E-state index in [1.807, 2.05) is 54.6 Å². The van der Waals surface area contributed by atoms with Crippen molar-refractivity contribution in [3.05, 3.63) is 81.4 Å². The molecule has 0 saturated heterocycles. The molecular weight excluding hydrogens is 226 g/mol. The Morgan fingerprint density at radius 2 is 1.61 bits per heavy atom. The van der Waals surface area contributed by atoms with Crippen LogP contribution in [0.15, 0.2) is 54.6 Å². The van der Waals surface area contributed by atoms with Crippen LogP contribution < -0.4 is 0 Å². The van der Waals surface area contributed by atoms with E-state index in [0.717, 1.165) is 22.3 Å². The summed E-state index contributed by atoms with van der Waals surface area (Å²) < 4.78 is 0. The second kappa shape index (κ2) is 4.11. The van der Waals surface area contributed by atoms with Crippen molar-refractivity contribution in [1.82, 2.24) is 0 Å². The van der Waals surface area contributed by atoms with Crippen molar-refractivity contribution >= 4 is 11.3 Å². The van der Waals surface area contributed by atoms with Gasteiger partial charge in [0.1, 0.15) is 0 Å². The maximum absolute atomic E-state index is 11.3. The lowest BCUT2D eigenvalue weighted by atomic mass is 10.0. The molecule has 0 heterocycles. The summed E-state index contributed by atoms with van der Waals surface area (Å²) in [6.45, 7) is 0. The molecule has 0 saturated carbocycles. The first-order chi connectivity index (χ1) is 8.77. The summed E-state index contributed by atoms with van der Waals surface area (Å²) in [5.41, 5.74) is 3.77. The van der Waals surface area contributed by atoms with Crippen LogP contribution in [0.25, 0.3) is 11.3 Å². The van der Waals surface area contributed by atoms with Crippen LogP contribution in [0, 0.1) is 10.1 Å². The number of allylic oxidation sites excluding steroid dienone is 1. The highest BCUT2D eigenvalue weighted by molar-refractivity contribution is 5.93. The summed E-state index contributed by atoms with van der Waals surface area (Å²) in [5.74, 6) is 0. The molecule has 3 rings (SSSR count). The van der Waals surface area contributed by atoms with E-state index in [2.05, 4.69) is 0 Å². The first kappa shape index (κ1) is 10.7. The molecule has 1 aliphatic rings. The van der Waals surface area contributed by atoms with E-state index in [1.165, 1.54) is 0 Å². The fourth-order valence-corrected chi connectivity index (χ4v) is 2.43. The third-order valence-electron chi connectivity index (χ3n) is 3.23. The predicted molar refractivity (Wildman–Crippen MR) is 70.4 cm³/mol. The van der Waals surface area contributed by atoms with Gasteiger partial charge in [0.25, 0.3) is 5.70 Å². The molecule has 0 unspecified atom stereocenters. The van der Waals surface area contributed by atoms with Gasteiger partial charge in [-0.05, 0) is 17.2 Å². The molecule has 0 atom stereocenters. The average Bonchev–Trinajstić information content (AvgIpc) is 2.79. The number of fused-ring (bicyclic) bond motifs is 1. The van der Waals surface area contributed by atoms with E-state index in [9.17, 15) is 10.1 Å². The SMILES string of the molecule is O=[N+]([O-])C1=C(c2ccccc2)Cc2ccccc21. The third kappa shape index (κ3) is 1.61. The largest absolute Gasteiger partial charge is 0.280 e. The van der Waals surface area contributed by atoms with Crippen molar-refractivity contribution in [1.29, 1.82) is 0 Å². The normalized spacial score (nSPS) is 13.6. The van der Waals surface area contributed by atoms with Crippen LogP contribution in [-0.2, 0) is 6.42 Å². The smallest absolute Gasteiger partial charge is 0.258 e. The zero-order valence-corrected chi connectivity index (χ0v) is 9.67. The van der Waals surface area contributed by atoms with Crippen LogP contribution in [0.5, 0.6) is 0 Å². The van der Waals surface area contributed by atoms with Gasteiger partial charge in [-0.25, -0.2) is 0 Å². The molecule has 0 aromatic heterocycles. The Hall–Kier alpha value is -2.42. The predicted octanol–water partition coefficient (Wildman–Crippen LogP) is 3.39. The van der Waals surface area contributed by atoms with Gasteiger partial charge in [-0.1, -0.05) is 48.5 Å².